The van der Waals surface area contributed by atoms with Crippen molar-refractivity contribution in [3.05, 3.63) is 64.1 Å². The number of nitrogens with one attached hydrogen (secondary N) is 1. The van der Waals surface area contributed by atoms with E-state index in [0.717, 1.165) is 28.6 Å². The molecule has 1 fully saturated rings. The Balaban J connectivity index is 1.77. The van der Waals surface area contributed by atoms with E-state index in [1.165, 1.54) is 16.0 Å². The predicted octanol–water partition coefficient (Wildman–Crippen LogP) is 5.27. The summed E-state index contributed by atoms with van der Waals surface area (Å²) in [6.07, 6.45) is 2.25. The maximum Gasteiger partial charge on any atom is 0.290 e. The van der Waals surface area contributed by atoms with Gasteiger partial charge in [0.25, 0.3) is 11.8 Å². The lowest BCUT2D eigenvalue weighted by Crippen LogP contribution is -2.64. The van der Waals surface area contributed by atoms with Crippen molar-refractivity contribution in [2.75, 3.05) is 13.1 Å². The number of nitrogens with zero attached hydrogens (tertiary/aromatic N) is 3. The van der Waals surface area contributed by atoms with Crippen LogP contribution < -0.4 is 5.73 Å². The van der Waals surface area contributed by atoms with Gasteiger partial charge in [0.05, 0.1) is 11.4 Å². The molecule has 37 heavy (non-hydrogen) atoms. The fourth-order valence-electron chi connectivity index (χ4n) is 4.61. The second-order valence-corrected chi connectivity index (χ2v) is 11.2. The van der Waals surface area contributed by atoms with Crippen molar-refractivity contribution in [3.8, 4) is 11.3 Å². The average Bonchev–Trinajstić information content (AvgIpc) is 3.27. The number of benzene rings is 1. The van der Waals surface area contributed by atoms with Gasteiger partial charge in [0.1, 0.15) is 11.1 Å². The maximum atomic E-state index is 13.7. The van der Waals surface area contributed by atoms with Gasteiger partial charge in [-0.25, -0.2) is 4.98 Å². The zero-order valence-electron chi connectivity index (χ0n) is 22.0. The Morgan fingerprint density at radius 3 is 2.51 bits per heavy atom. The molecule has 4 rings (SSSR count). The molecule has 1 aromatic carbocycles. The van der Waals surface area contributed by atoms with Crippen LogP contribution in [0.3, 0.4) is 0 Å². The number of aryl methyl sites for hydroxylation is 1. The Bertz CT molecular complexity index is 1450. The van der Waals surface area contributed by atoms with Crippen LogP contribution >= 0.6 is 11.6 Å². The second-order valence-electron chi connectivity index (χ2n) is 10.8. The standard InChI is InChI=1S/C28H32ClN5O3/c1-16-11-17(7-8-20(16)29)21-12-19(27(2,3)4)24-22(32-21)13-23(37-24)25(35)34-10-9-33(18(14-30)15-31)26(36)28(34,5)6/h7-8,11-15,30H,9-10,31H2,1-6H3. The molecule has 9 heteroatoms. The van der Waals surface area contributed by atoms with Crippen molar-refractivity contribution in [2.45, 2.75) is 52.5 Å². The third-order valence-electron chi connectivity index (χ3n) is 6.82. The van der Waals surface area contributed by atoms with Crippen LogP contribution in [-0.2, 0) is 10.2 Å². The minimum absolute atomic E-state index is 0.119. The summed E-state index contributed by atoms with van der Waals surface area (Å²) in [6, 6.07) is 9.40. The molecule has 2 aromatic heterocycles. The molecule has 3 aromatic rings. The molecule has 3 N–H and O–H groups in total. The van der Waals surface area contributed by atoms with Gasteiger partial charge in [-0.3, -0.25) is 9.59 Å². The number of hydrogen-bond donors (Lipinski definition) is 2. The van der Waals surface area contributed by atoms with E-state index < -0.39 is 11.4 Å². The molecule has 1 aliphatic rings. The van der Waals surface area contributed by atoms with Crippen molar-refractivity contribution in [2.24, 2.45) is 5.73 Å². The Morgan fingerprint density at radius 2 is 1.92 bits per heavy atom. The first kappa shape index (κ1) is 26.4. The fraction of sp³-hybridized carbons (Fsp3) is 0.357. The van der Waals surface area contributed by atoms with E-state index in [-0.39, 0.29) is 35.9 Å². The number of piperazine rings is 1. The Hall–Kier alpha value is -3.65. The van der Waals surface area contributed by atoms with E-state index in [1.807, 2.05) is 31.2 Å². The summed E-state index contributed by atoms with van der Waals surface area (Å²) < 4.78 is 6.15. The Labute approximate surface area is 221 Å². The van der Waals surface area contributed by atoms with Crippen LogP contribution in [-0.4, -0.2) is 51.4 Å². The summed E-state index contributed by atoms with van der Waals surface area (Å²) in [6.45, 7) is 12.0. The summed E-state index contributed by atoms with van der Waals surface area (Å²) in [5, 5.41) is 8.23. The number of fused-ring (bicyclic) bond motifs is 1. The lowest BCUT2D eigenvalue weighted by atomic mass is 9.86. The van der Waals surface area contributed by atoms with Gasteiger partial charge < -0.3 is 25.4 Å². The van der Waals surface area contributed by atoms with Gasteiger partial charge in [0.15, 0.2) is 11.3 Å². The number of halogens is 1. The van der Waals surface area contributed by atoms with Crippen LogP contribution in [0.1, 0.15) is 56.3 Å². The number of carbonyl (C=O) groups is 2. The third kappa shape index (κ3) is 4.62. The minimum atomic E-state index is -1.17. The van der Waals surface area contributed by atoms with Crippen molar-refractivity contribution >= 4 is 40.7 Å². The zero-order chi connectivity index (χ0) is 27.3. The third-order valence-corrected chi connectivity index (χ3v) is 7.24. The molecule has 0 saturated carbocycles. The highest BCUT2D eigenvalue weighted by Crippen LogP contribution is 2.36. The molecule has 1 aliphatic heterocycles. The lowest BCUT2D eigenvalue weighted by molar-refractivity contribution is -0.143. The first-order valence-electron chi connectivity index (χ1n) is 12.1. The number of amides is 2. The van der Waals surface area contributed by atoms with Gasteiger partial charge in [-0.1, -0.05) is 38.4 Å². The summed E-state index contributed by atoms with van der Waals surface area (Å²) in [7, 11) is 0. The molecule has 0 aliphatic carbocycles. The molecular weight excluding hydrogens is 490 g/mol. The lowest BCUT2D eigenvalue weighted by Gasteiger charge is -2.45. The molecular formula is C28H32ClN5O3. The van der Waals surface area contributed by atoms with E-state index in [1.54, 1.807) is 19.9 Å². The number of hydrogen-bond acceptors (Lipinski definition) is 6. The highest BCUT2D eigenvalue weighted by Gasteiger charge is 2.46. The molecule has 1 saturated heterocycles. The zero-order valence-corrected chi connectivity index (χ0v) is 22.7. The maximum absolute atomic E-state index is 13.7. The van der Waals surface area contributed by atoms with Gasteiger partial charge in [-0.2, -0.15) is 0 Å². The quantitative estimate of drug-likeness (QED) is 0.454. The molecule has 8 nitrogen and oxygen atoms in total. The van der Waals surface area contributed by atoms with Gasteiger partial charge >= 0.3 is 0 Å². The highest BCUT2D eigenvalue weighted by atomic mass is 35.5. The summed E-state index contributed by atoms with van der Waals surface area (Å²) in [5.74, 6) is -0.599. The second kappa shape index (κ2) is 9.34. The number of allylic oxidation sites excluding steroid dienone is 1. The predicted molar refractivity (Wildman–Crippen MR) is 146 cm³/mol. The van der Waals surface area contributed by atoms with Crippen molar-refractivity contribution in [1.82, 2.24) is 14.8 Å². The van der Waals surface area contributed by atoms with E-state index in [9.17, 15) is 9.59 Å². The van der Waals surface area contributed by atoms with E-state index in [4.69, 9.17) is 32.1 Å². The summed E-state index contributed by atoms with van der Waals surface area (Å²) in [4.78, 5) is 34.7. The number of nitrogens with two attached hydrogens (primary N) is 1. The molecule has 194 valence electrons. The fourth-order valence-corrected chi connectivity index (χ4v) is 4.73. The topological polar surface area (TPSA) is 117 Å². The van der Waals surface area contributed by atoms with Crippen LogP contribution in [0, 0.1) is 12.3 Å². The molecule has 0 bridgehead atoms. The number of carbonyl (C=O) groups excluding carboxylic acids is 2. The van der Waals surface area contributed by atoms with Gasteiger partial charge in [-0.15, -0.1) is 0 Å². The van der Waals surface area contributed by atoms with Crippen LogP contribution in [0.5, 0.6) is 0 Å². The molecule has 2 amide bonds. The Kier molecular flexibility index (Phi) is 6.67. The van der Waals surface area contributed by atoms with E-state index >= 15 is 0 Å². The van der Waals surface area contributed by atoms with Crippen LogP contribution in [0.2, 0.25) is 5.02 Å². The smallest absolute Gasteiger partial charge is 0.290 e. The first-order chi connectivity index (χ1) is 17.3. The average molecular weight is 522 g/mol. The molecule has 0 unspecified atom stereocenters. The minimum Gasteiger partial charge on any atom is -0.449 e. The molecule has 0 atom stereocenters. The normalized spacial score (nSPS) is 16.4. The Morgan fingerprint density at radius 1 is 1.22 bits per heavy atom. The number of furan rings is 1. The van der Waals surface area contributed by atoms with Crippen molar-refractivity contribution in [3.63, 3.8) is 0 Å². The van der Waals surface area contributed by atoms with Gasteiger partial charge in [-0.05, 0) is 49.9 Å². The molecule has 0 spiro atoms. The number of aromatic nitrogens is 1. The SMILES string of the molecule is Cc1cc(-c2cc(C(C)(C)C)c3oc(C(=O)N4CCN(C(C=N)=CN)C(=O)C4(C)C)cc3n2)ccc1Cl. The van der Waals surface area contributed by atoms with Gasteiger partial charge in [0, 0.05) is 47.7 Å². The van der Waals surface area contributed by atoms with Crippen LogP contribution in [0.4, 0.5) is 0 Å². The molecule has 0 radical (unpaired) electrons. The van der Waals surface area contributed by atoms with Crippen LogP contribution in [0.15, 0.2) is 46.6 Å². The summed E-state index contributed by atoms with van der Waals surface area (Å²) >= 11 is 6.23. The molecule has 3 heterocycles. The van der Waals surface area contributed by atoms with E-state index in [2.05, 4.69) is 20.8 Å². The van der Waals surface area contributed by atoms with Gasteiger partial charge in [0.2, 0.25) is 0 Å². The largest absolute Gasteiger partial charge is 0.449 e. The summed E-state index contributed by atoms with van der Waals surface area (Å²) in [5.41, 5.74) is 9.09. The van der Waals surface area contributed by atoms with Crippen LogP contribution in [0.25, 0.3) is 22.4 Å². The number of pyridine rings is 1. The van der Waals surface area contributed by atoms with Crippen molar-refractivity contribution in [1.29, 1.82) is 5.41 Å². The number of rotatable bonds is 4. The van der Waals surface area contributed by atoms with E-state index in [0.29, 0.717) is 16.1 Å². The monoisotopic (exact) mass is 521 g/mol. The van der Waals surface area contributed by atoms with Crippen molar-refractivity contribution < 1.29 is 14.0 Å². The first-order valence-corrected chi connectivity index (χ1v) is 12.4. The highest BCUT2D eigenvalue weighted by molar-refractivity contribution is 6.31.